The fourth-order valence-corrected chi connectivity index (χ4v) is 6.10. The molecule has 31 heavy (non-hydrogen) atoms. The number of nitrogens with zero attached hydrogens (tertiary/aromatic N) is 1. The van der Waals surface area contributed by atoms with Crippen molar-refractivity contribution in [2.24, 2.45) is 11.7 Å². The summed E-state index contributed by atoms with van der Waals surface area (Å²) in [4.78, 5) is 23.8. The highest BCUT2D eigenvalue weighted by Crippen LogP contribution is 2.51. The molecule has 3 rings (SSSR count). The monoisotopic (exact) mass is 468 g/mol. The molecule has 1 aliphatic heterocycles. The van der Waals surface area contributed by atoms with Crippen LogP contribution in [0.15, 0.2) is 42.5 Å². The van der Waals surface area contributed by atoms with Gasteiger partial charge in [0, 0.05) is 30.3 Å². The lowest BCUT2D eigenvalue weighted by atomic mass is 9.84. The summed E-state index contributed by atoms with van der Waals surface area (Å²) in [6.45, 7) is 2.52. The molecule has 4 N–H and O–H groups in total. The summed E-state index contributed by atoms with van der Waals surface area (Å²) in [7, 11) is -3.80. The van der Waals surface area contributed by atoms with Crippen molar-refractivity contribution >= 4 is 24.9 Å². The van der Waals surface area contributed by atoms with Gasteiger partial charge in [0.2, 0.25) is 7.37 Å². The summed E-state index contributed by atoms with van der Waals surface area (Å²) in [5.74, 6) is -1.73. The molecular weight excluding hydrogens is 442 g/mol. The number of carbonyl (C=O) groups is 1. The van der Waals surface area contributed by atoms with Gasteiger partial charge in [0.05, 0.1) is 0 Å². The van der Waals surface area contributed by atoms with Crippen LogP contribution in [0.4, 0.5) is 4.39 Å². The molecule has 1 fully saturated rings. The quantitative estimate of drug-likeness (QED) is 0.526. The summed E-state index contributed by atoms with van der Waals surface area (Å²) >= 11 is 6.02. The van der Waals surface area contributed by atoms with Crippen molar-refractivity contribution in [3.05, 3.63) is 58.9 Å². The second-order valence-corrected chi connectivity index (χ2v) is 10.9. The highest BCUT2D eigenvalue weighted by molar-refractivity contribution is 7.59. The van der Waals surface area contributed by atoms with Crippen LogP contribution in [0.25, 0.3) is 11.1 Å². The standard InChI is InChI=1S/C22H27ClFN2O4P/c1-2-14(12-25)21(26-9-10-31(29,30)20(13-26)22(27)28)18-8-7-17(24)11-19(18)15-3-5-16(23)6-4-15/h3-8,11,14,20-21H,2,9-10,12-13,25H2,1H3,(H,27,28)(H,29,30)/t14-,20?,21?/m0/s1. The third-order valence-electron chi connectivity index (χ3n) is 6.04. The Morgan fingerprint density at radius 3 is 2.58 bits per heavy atom. The van der Waals surface area contributed by atoms with Crippen LogP contribution in [0.1, 0.15) is 24.9 Å². The zero-order valence-corrected chi connectivity index (χ0v) is 18.9. The van der Waals surface area contributed by atoms with Crippen molar-refractivity contribution < 1.29 is 23.7 Å². The van der Waals surface area contributed by atoms with Gasteiger partial charge in [-0.1, -0.05) is 43.1 Å². The van der Waals surface area contributed by atoms with Crippen LogP contribution in [0.3, 0.4) is 0 Å². The smallest absolute Gasteiger partial charge is 0.317 e. The SMILES string of the molecule is CC[C@@H](CN)C(c1ccc(F)cc1-c1ccc(Cl)cc1)N1CCP(=O)(O)C(C(=O)O)C1. The minimum atomic E-state index is -3.80. The molecule has 0 radical (unpaired) electrons. The molecule has 1 aliphatic rings. The Morgan fingerprint density at radius 2 is 2.00 bits per heavy atom. The number of aliphatic carboxylic acids is 1. The van der Waals surface area contributed by atoms with Crippen LogP contribution in [0.5, 0.6) is 0 Å². The van der Waals surface area contributed by atoms with Crippen LogP contribution in [0.2, 0.25) is 5.02 Å². The molecule has 0 amide bonds. The predicted octanol–water partition coefficient (Wildman–Crippen LogP) is 4.21. The van der Waals surface area contributed by atoms with Crippen LogP contribution in [0, 0.1) is 11.7 Å². The normalized spacial score (nSPS) is 24.0. The van der Waals surface area contributed by atoms with Gasteiger partial charge in [0.15, 0.2) is 0 Å². The largest absolute Gasteiger partial charge is 0.481 e. The van der Waals surface area contributed by atoms with Crippen molar-refractivity contribution in [1.82, 2.24) is 4.90 Å². The van der Waals surface area contributed by atoms with Crippen LogP contribution >= 0.6 is 19.0 Å². The molecule has 0 aromatic heterocycles. The van der Waals surface area contributed by atoms with E-state index in [2.05, 4.69) is 0 Å². The lowest BCUT2D eigenvalue weighted by Crippen LogP contribution is -2.48. The molecule has 1 heterocycles. The van der Waals surface area contributed by atoms with E-state index in [4.69, 9.17) is 17.3 Å². The third kappa shape index (κ3) is 5.18. The Morgan fingerprint density at radius 1 is 1.32 bits per heavy atom. The zero-order valence-electron chi connectivity index (χ0n) is 17.2. The number of benzene rings is 2. The summed E-state index contributed by atoms with van der Waals surface area (Å²) in [5, 5.41) is 10.1. The maximum Gasteiger partial charge on any atom is 0.317 e. The maximum atomic E-state index is 14.2. The van der Waals surface area contributed by atoms with Crippen LogP contribution in [-0.4, -0.2) is 52.3 Å². The van der Waals surface area contributed by atoms with E-state index in [1.807, 2.05) is 11.8 Å². The average Bonchev–Trinajstić information content (AvgIpc) is 2.73. The Kier molecular flexibility index (Phi) is 7.55. The number of nitrogens with two attached hydrogens (primary N) is 1. The average molecular weight is 469 g/mol. The first-order valence-electron chi connectivity index (χ1n) is 10.2. The fraction of sp³-hybridized carbons (Fsp3) is 0.409. The van der Waals surface area contributed by atoms with Crippen molar-refractivity contribution in [3.8, 4) is 11.1 Å². The zero-order chi connectivity index (χ0) is 22.8. The number of hydrogen-bond acceptors (Lipinski definition) is 4. The second-order valence-electron chi connectivity index (χ2n) is 7.92. The minimum Gasteiger partial charge on any atom is -0.481 e. The van der Waals surface area contributed by atoms with E-state index in [-0.39, 0.29) is 31.2 Å². The molecule has 0 aliphatic carbocycles. The molecule has 9 heteroatoms. The Labute approximate surface area is 186 Å². The molecule has 1 saturated heterocycles. The summed E-state index contributed by atoms with van der Waals surface area (Å²) in [6, 6.07) is 11.3. The van der Waals surface area contributed by atoms with Gasteiger partial charge in [0.1, 0.15) is 11.5 Å². The summed E-state index contributed by atoms with van der Waals surface area (Å²) in [6.07, 6.45) is 0.600. The van der Waals surface area contributed by atoms with E-state index in [1.54, 1.807) is 30.3 Å². The minimum absolute atomic E-state index is 0.0536. The van der Waals surface area contributed by atoms with Crippen molar-refractivity contribution in [1.29, 1.82) is 0 Å². The van der Waals surface area contributed by atoms with Gasteiger partial charge in [-0.25, -0.2) is 4.39 Å². The molecule has 4 atom stereocenters. The first kappa shape index (κ1) is 23.9. The van der Waals surface area contributed by atoms with Gasteiger partial charge >= 0.3 is 5.97 Å². The van der Waals surface area contributed by atoms with E-state index in [1.165, 1.54) is 12.1 Å². The highest BCUT2D eigenvalue weighted by atomic mass is 35.5. The lowest BCUT2D eigenvalue weighted by Gasteiger charge is -2.42. The molecule has 0 spiro atoms. The maximum absolute atomic E-state index is 14.2. The predicted molar refractivity (Wildman–Crippen MR) is 120 cm³/mol. The first-order valence-corrected chi connectivity index (χ1v) is 12.5. The third-order valence-corrected chi connectivity index (χ3v) is 8.49. The van der Waals surface area contributed by atoms with Crippen LogP contribution in [-0.2, 0) is 9.36 Å². The Hall–Kier alpha value is -1.76. The molecule has 2 aromatic carbocycles. The number of halogens is 2. The molecule has 168 valence electrons. The van der Waals surface area contributed by atoms with E-state index < -0.39 is 24.8 Å². The molecular formula is C22H27ClFN2O4P. The van der Waals surface area contributed by atoms with Gasteiger partial charge in [-0.05, 0) is 53.4 Å². The lowest BCUT2D eigenvalue weighted by molar-refractivity contribution is -0.137. The van der Waals surface area contributed by atoms with Gasteiger partial charge < -0.3 is 15.7 Å². The number of carboxylic acid groups (broad SMARTS) is 1. The Balaban J connectivity index is 2.11. The van der Waals surface area contributed by atoms with E-state index in [0.29, 0.717) is 23.6 Å². The van der Waals surface area contributed by atoms with Crippen molar-refractivity contribution in [2.45, 2.75) is 25.0 Å². The first-order chi connectivity index (χ1) is 14.7. The van der Waals surface area contributed by atoms with E-state index in [9.17, 15) is 23.7 Å². The van der Waals surface area contributed by atoms with Crippen LogP contribution < -0.4 is 5.73 Å². The molecule has 6 nitrogen and oxygen atoms in total. The second kappa shape index (κ2) is 9.80. The molecule has 3 unspecified atom stereocenters. The highest BCUT2D eigenvalue weighted by Gasteiger charge is 2.45. The fourth-order valence-electron chi connectivity index (χ4n) is 4.31. The number of carboxylic acids is 1. The van der Waals surface area contributed by atoms with Gasteiger partial charge in [-0.3, -0.25) is 14.3 Å². The molecule has 0 saturated carbocycles. The van der Waals surface area contributed by atoms with Gasteiger partial charge in [-0.2, -0.15) is 0 Å². The number of hydrogen-bond donors (Lipinski definition) is 3. The van der Waals surface area contributed by atoms with Gasteiger partial charge in [0.25, 0.3) is 0 Å². The molecule has 2 aromatic rings. The summed E-state index contributed by atoms with van der Waals surface area (Å²) < 4.78 is 26.7. The number of rotatable bonds is 7. The van der Waals surface area contributed by atoms with Gasteiger partial charge in [-0.15, -0.1) is 0 Å². The summed E-state index contributed by atoms with van der Waals surface area (Å²) in [5.41, 5.74) is 6.96. The van der Waals surface area contributed by atoms with E-state index in [0.717, 1.165) is 11.1 Å². The Bertz CT molecular complexity index is 984. The topological polar surface area (TPSA) is 104 Å². The van der Waals surface area contributed by atoms with Crippen molar-refractivity contribution in [2.75, 3.05) is 25.8 Å². The van der Waals surface area contributed by atoms with Crippen molar-refractivity contribution in [3.63, 3.8) is 0 Å². The van der Waals surface area contributed by atoms with E-state index >= 15 is 0 Å². The molecule has 0 bridgehead atoms.